The average Bonchev–Trinajstić information content (AvgIpc) is 3.41. The highest BCUT2D eigenvalue weighted by atomic mass is 35.5. The lowest BCUT2D eigenvalue weighted by molar-refractivity contribution is -0.139. The Bertz CT molecular complexity index is 1510. The summed E-state index contributed by atoms with van der Waals surface area (Å²) in [4.78, 5) is 31.2. The van der Waals surface area contributed by atoms with Gasteiger partial charge < -0.3 is 19.7 Å². The molecule has 6 nitrogen and oxygen atoms in total. The Morgan fingerprint density at radius 1 is 1.11 bits per heavy atom. The number of benzene rings is 3. The van der Waals surface area contributed by atoms with E-state index >= 15 is 0 Å². The fourth-order valence-electron chi connectivity index (χ4n) is 4.62. The van der Waals surface area contributed by atoms with Crippen LogP contribution < -0.4 is 4.74 Å². The number of aliphatic hydroxyl groups is 1. The molecule has 1 saturated heterocycles. The molecule has 2 N–H and O–H groups in total. The Balaban J connectivity index is 1.62. The molecule has 36 heavy (non-hydrogen) atoms. The topological polar surface area (TPSA) is 82.6 Å². The van der Waals surface area contributed by atoms with E-state index in [1.54, 1.807) is 30.5 Å². The van der Waals surface area contributed by atoms with Crippen molar-refractivity contribution in [3.05, 3.63) is 106 Å². The van der Waals surface area contributed by atoms with E-state index in [0.29, 0.717) is 23.3 Å². The second-order valence-corrected chi connectivity index (χ2v) is 8.92. The predicted molar refractivity (Wildman–Crippen MR) is 135 cm³/mol. The van der Waals surface area contributed by atoms with Crippen LogP contribution in [0, 0.1) is 5.82 Å². The van der Waals surface area contributed by atoms with Gasteiger partial charge in [0.2, 0.25) is 0 Å². The zero-order chi connectivity index (χ0) is 25.4. The summed E-state index contributed by atoms with van der Waals surface area (Å²) < 4.78 is 18.5. The lowest BCUT2D eigenvalue weighted by atomic mass is 9.94. The molecule has 1 fully saturated rings. The molecule has 8 heteroatoms. The number of carbonyl (C=O) groups excluding carboxylic acids is 2. The molecule has 1 amide bonds. The zero-order valence-electron chi connectivity index (χ0n) is 19.3. The second-order valence-electron chi connectivity index (χ2n) is 8.51. The lowest BCUT2D eigenvalue weighted by Gasteiger charge is -2.25. The van der Waals surface area contributed by atoms with Gasteiger partial charge >= 0.3 is 0 Å². The van der Waals surface area contributed by atoms with Gasteiger partial charge in [-0.1, -0.05) is 41.9 Å². The number of carbonyl (C=O) groups is 2. The van der Waals surface area contributed by atoms with Gasteiger partial charge in [-0.15, -0.1) is 0 Å². The first kappa shape index (κ1) is 23.6. The first-order chi connectivity index (χ1) is 17.4. The van der Waals surface area contributed by atoms with Crippen LogP contribution in [0.2, 0.25) is 5.02 Å². The third kappa shape index (κ3) is 4.12. The number of Topliss-reactive ketones (excluding diaryl/α,β-unsaturated/α-hetero) is 1. The number of aromatic nitrogens is 1. The van der Waals surface area contributed by atoms with Crippen LogP contribution in [0.25, 0.3) is 16.7 Å². The molecule has 4 aromatic rings. The molecule has 1 aliphatic rings. The number of nitrogens with one attached hydrogen (secondary N) is 1. The van der Waals surface area contributed by atoms with Crippen LogP contribution in [0.4, 0.5) is 4.39 Å². The maximum Gasteiger partial charge on any atom is 0.295 e. The van der Waals surface area contributed by atoms with E-state index in [9.17, 15) is 19.1 Å². The molecule has 0 bridgehead atoms. The van der Waals surface area contributed by atoms with Crippen molar-refractivity contribution in [2.75, 3.05) is 13.7 Å². The SMILES string of the molecule is COc1ccc(/C(O)=C2\C(=O)C(=O)N(CCc3ccc(F)cc3)C2c2c[nH]c3ccccc23)cc1Cl. The van der Waals surface area contributed by atoms with E-state index in [1.165, 1.54) is 30.2 Å². The lowest BCUT2D eigenvalue weighted by Crippen LogP contribution is -2.31. The van der Waals surface area contributed by atoms with Crippen LogP contribution in [-0.4, -0.2) is 40.3 Å². The smallest absolute Gasteiger partial charge is 0.295 e. The number of ketones is 1. The average molecular weight is 505 g/mol. The predicted octanol–water partition coefficient (Wildman–Crippen LogP) is 5.63. The van der Waals surface area contributed by atoms with Crippen molar-refractivity contribution in [1.29, 1.82) is 0 Å². The van der Waals surface area contributed by atoms with Gasteiger partial charge in [0, 0.05) is 34.8 Å². The van der Waals surface area contributed by atoms with Crippen LogP contribution in [0.1, 0.15) is 22.7 Å². The maximum absolute atomic E-state index is 13.4. The number of para-hydroxylation sites is 1. The largest absolute Gasteiger partial charge is 0.507 e. The Hall–Kier alpha value is -4.10. The van der Waals surface area contributed by atoms with E-state index in [2.05, 4.69) is 4.98 Å². The minimum atomic E-state index is -0.831. The summed E-state index contributed by atoms with van der Waals surface area (Å²) in [6, 6.07) is 17.4. The summed E-state index contributed by atoms with van der Waals surface area (Å²) >= 11 is 6.26. The Morgan fingerprint density at radius 3 is 2.58 bits per heavy atom. The van der Waals surface area contributed by atoms with Gasteiger partial charge in [-0.3, -0.25) is 9.59 Å². The molecule has 1 unspecified atom stereocenters. The number of hydrogen-bond donors (Lipinski definition) is 2. The number of methoxy groups -OCH3 is 1. The van der Waals surface area contributed by atoms with Crippen LogP contribution >= 0.6 is 11.6 Å². The molecule has 1 atom stereocenters. The van der Waals surface area contributed by atoms with Crippen LogP contribution in [0.3, 0.4) is 0 Å². The molecular formula is C28H22ClFN2O4. The molecule has 182 valence electrons. The van der Waals surface area contributed by atoms with Crippen molar-refractivity contribution in [3.8, 4) is 5.75 Å². The minimum absolute atomic E-state index is 0.0231. The highest BCUT2D eigenvalue weighted by molar-refractivity contribution is 6.46. The molecule has 5 rings (SSSR count). The summed E-state index contributed by atoms with van der Waals surface area (Å²) in [5, 5.41) is 12.4. The fourth-order valence-corrected chi connectivity index (χ4v) is 4.88. The third-order valence-electron chi connectivity index (χ3n) is 6.44. The monoisotopic (exact) mass is 504 g/mol. The molecule has 1 aromatic heterocycles. The molecule has 3 aromatic carbocycles. The summed E-state index contributed by atoms with van der Waals surface area (Å²) in [5.41, 5.74) is 2.61. The standard InChI is InChI=1S/C28H22ClFN2O4/c1-36-23-11-8-17(14-21(23)29)26(33)24-25(20-15-31-22-5-3-2-4-19(20)22)32(28(35)27(24)34)13-12-16-6-9-18(30)10-7-16/h2-11,14-15,25,31,33H,12-13H2,1H3/b26-24+. The summed E-state index contributed by atoms with van der Waals surface area (Å²) in [6.07, 6.45) is 2.15. The zero-order valence-corrected chi connectivity index (χ0v) is 20.1. The van der Waals surface area contributed by atoms with Gasteiger partial charge in [-0.2, -0.15) is 0 Å². The summed E-state index contributed by atoms with van der Waals surface area (Å²) in [7, 11) is 1.48. The van der Waals surface area contributed by atoms with Gasteiger partial charge in [0.25, 0.3) is 11.7 Å². The van der Waals surface area contributed by atoms with Gasteiger partial charge in [-0.25, -0.2) is 4.39 Å². The Kier molecular flexibility index (Phi) is 6.24. The van der Waals surface area contributed by atoms with Crippen molar-refractivity contribution >= 4 is 40.0 Å². The van der Waals surface area contributed by atoms with E-state index in [1.807, 2.05) is 24.3 Å². The highest BCUT2D eigenvalue weighted by Crippen LogP contribution is 2.42. The van der Waals surface area contributed by atoms with Crippen LogP contribution in [0.15, 0.2) is 78.5 Å². The Morgan fingerprint density at radius 2 is 1.86 bits per heavy atom. The number of likely N-dealkylation sites (tertiary alicyclic amines) is 1. The molecular weight excluding hydrogens is 483 g/mol. The van der Waals surface area contributed by atoms with E-state index in [4.69, 9.17) is 16.3 Å². The van der Waals surface area contributed by atoms with Gasteiger partial charge in [-0.05, 0) is 48.4 Å². The van der Waals surface area contributed by atoms with Crippen molar-refractivity contribution in [2.24, 2.45) is 0 Å². The number of halogens is 2. The van der Waals surface area contributed by atoms with Gasteiger partial charge in [0.05, 0.1) is 23.7 Å². The molecule has 0 saturated carbocycles. The first-order valence-electron chi connectivity index (χ1n) is 11.3. The number of amides is 1. The number of aliphatic hydroxyl groups excluding tert-OH is 1. The molecule has 2 heterocycles. The third-order valence-corrected chi connectivity index (χ3v) is 6.73. The number of fused-ring (bicyclic) bond motifs is 1. The molecule has 0 radical (unpaired) electrons. The van der Waals surface area contributed by atoms with Crippen LogP contribution in [0.5, 0.6) is 5.75 Å². The normalized spacial score (nSPS) is 17.2. The maximum atomic E-state index is 13.4. The van der Waals surface area contributed by atoms with Crippen LogP contribution in [-0.2, 0) is 16.0 Å². The Labute approximate surface area is 211 Å². The minimum Gasteiger partial charge on any atom is -0.507 e. The first-order valence-corrected chi connectivity index (χ1v) is 11.7. The second kappa shape index (κ2) is 9.51. The van der Waals surface area contributed by atoms with Gasteiger partial charge in [0.1, 0.15) is 17.3 Å². The number of nitrogens with zero attached hydrogens (tertiary/aromatic N) is 1. The quantitative estimate of drug-likeness (QED) is 0.202. The fraction of sp³-hybridized carbons (Fsp3) is 0.143. The molecule has 0 spiro atoms. The molecule has 1 aliphatic heterocycles. The summed E-state index contributed by atoms with van der Waals surface area (Å²) in [6.45, 7) is 0.195. The highest BCUT2D eigenvalue weighted by Gasteiger charge is 2.46. The van der Waals surface area contributed by atoms with Gasteiger partial charge in [0.15, 0.2) is 0 Å². The summed E-state index contributed by atoms with van der Waals surface area (Å²) in [5.74, 6) is -1.75. The molecule has 0 aliphatic carbocycles. The van der Waals surface area contributed by atoms with Crippen molar-refractivity contribution in [3.63, 3.8) is 0 Å². The number of hydrogen-bond acceptors (Lipinski definition) is 4. The van der Waals surface area contributed by atoms with E-state index in [0.717, 1.165) is 16.5 Å². The number of ether oxygens (including phenoxy) is 1. The van der Waals surface area contributed by atoms with E-state index < -0.39 is 17.7 Å². The number of rotatable bonds is 6. The number of H-pyrrole nitrogens is 1. The van der Waals surface area contributed by atoms with Crippen molar-refractivity contribution in [1.82, 2.24) is 9.88 Å². The van der Waals surface area contributed by atoms with Crippen molar-refractivity contribution < 1.29 is 23.8 Å². The van der Waals surface area contributed by atoms with Crippen molar-refractivity contribution in [2.45, 2.75) is 12.5 Å². The number of aromatic amines is 1. The van der Waals surface area contributed by atoms with E-state index in [-0.39, 0.29) is 28.7 Å².